The van der Waals surface area contributed by atoms with Crippen molar-refractivity contribution >= 4 is 17.8 Å². The van der Waals surface area contributed by atoms with E-state index in [1.54, 1.807) is 7.11 Å². The maximum atomic E-state index is 5.35. The van der Waals surface area contributed by atoms with Crippen molar-refractivity contribution in [1.82, 2.24) is 4.90 Å². The number of benzene rings is 4. The van der Waals surface area contributed by atoms with Gasteiger partial charge < -0.3 is 14.5 Å². The molecule has 4 aromatic carbocycles. The van der Waals surface area contributed by atoms with Crippen LogP contribution in [0.5, 0.6) is 5.75 Å². The Morgan fingerprint density at radius 3 is 2.16 bits per heavy atom. The maximum Gasteiger partial charge on any atom is 0.118 e. The Balaban J connectivity index is 1.46. The number of rotatable bonds is 7. The van der Waals surface area contributed by atoms with Crippen molar-refractivity contribution in [3.05, 3.63) is 167 Å². The van der Waals surface area contributed by atoms with Gasteiger partial charge in [0.25, 0.3) is 0 Å². The minimum absolute atomic E-state index is 0.189. The first kappa shape index (κ1) is 23.6. The molecule has 0 N–H and O–H groups in total. The first-order valence-corrected chi connectivity index (χ1v) is 13.0. The third-order valence-corrected chi connectivity index (χ3v) is 7.08. The van der Waals surface area contributed by atoms with E-state index < -0.39 is 0 Å². The lowest BCUT2D eigenvalue weighted by Crippen LogP contribution is -2.26. The van der Waals surface area contributed by atoms with Crippen LogP contribution in [-0.2, 0) is 6.54 Å². The van der Waals surface area contributed by atoms with Crippen LogP contribution in [0.2, 0.25) is 0 Å². The summed E-state index contributed by atoms with van der Waals surface area (Å²) in [5, 5.41) is 0. The Kier molecular flexibility index (Phi) is 6.65. The molecular formula is C35H30N2O. The highest BCUT2D eigenvalue weighted by Gasteiger charge is 2.36. The molecule has 38 heavy (non-hydrogen) atoms. The minimum atomic E-state index is 0.189. The molecule has 0 radical (unpaired) electrons. The van der Waals surface area contributed by atoms with Crippen LogP contribution in [0.25, 0.3) is 12.2 Å². The molecule has 2 aliphatic rings. The molecule has 1 atom stereocenters. The first-order chi connectivity index (χ1) is 18.8. The summed E-state index contributed by atoms with van der Waals surface area (Å²) in [7, 11) is 1.70. The van der Waals surface area contributed by atoms with Crippen molar-refractivity contribution in [2.45, 2.75) is 12.5 Å². The minimum Gasteiger partial charge on any atom is -0.497 e. The van der Waals surface area contributed by atoms with E-state index >= 15 is 0 Å². The lowest BCUT2D eigenvalue weighted by molar-refractivity contribution is 0.415. The van der Waals surface area contributed by atoms with Crippen LogP contribution >= 0.6 is 0 Å². The molecular weight excluding hydrogens is 464 g/mol. The third-order valence-electron chi connectivity index (χ3n) is 7.08. The molecule has 2 aliphatic heterocycles. The van der Waals surface area contributed by atoms with Gasteiger partial charge in [-0.05, 0) is 52.6 Å². The zero-order chi connectivity index (χ0) is 25.7. The molecule has 3 nitrogen and oxygen atoms in total. The average molecular weight is 495 g/mol. The van der Waals surface area contributed by atoms with E-state index in [4.69, 9.17) is 4.74 Å². The van der Waals surface area contributed by atoms with Gasteiger partial charge in [-0.3, -0.25) is 0 Å². The van der Waals surface area contributed by atoms with Crippen molar-refractivity contribution in [2.75, 3.05) is 12.0 Å². The SMILES string of the molecule is COc1ccc(/C=C/C2=C3C(C=CN2Cc2ccccc2)c2ccccc2N3/C=C/c2ccccc2)cc1. The number of nitrogens with zero attached hydrogens (tertiary/aromatic N) is 2. The molecule has 0 saturated carbocycles. The van der Waals surface area contributed by atoms with Crippen molar-refractivity contribution < 1.29 is 4.74 Å². The van der Waals surface area contributed by atoms with Crippen LogP contribution in [0.15, 0.2) is 145 Å². The smallest absolute Gasteiger partial charge is 0.118 e. The monoisotopic (exact) mass is 494 g/mol. The summed E-state index contributed by atoms with van der Waals surface area (Å²) in [6.45, 7) is 0.794. The van der Waals surface area contributed by atoms with Crippen LogP contribution in [-0.4, -0.2) is 12.0 Å². The summed E-state index contributed by atoms with van der Waals surface area (Å²) in [4.78, 5) is 4.72. The molecule has 0 spiro atoms. The first-order valence-electron chi connectivity index (χ1n) is 13.0. The summed E-state index contributed by atoms with van der Waals surface area (Å²) >= 11 is 0. The number of anilines is 1. The van der Waals surface area contributed by atoms with Gasteiger partial charge in [0.15, 0.2) is 0 Å². The zero-order valence-corrected chi connectivity index (χ0v) is 21.4. The van der Waals surface area contributed by atoms with Crippen molar-refractivity contribution in [3.8, 4) is 5.75 Å². The number of hydrogen-bond donors (Lipinski definition) is 0. The van der Waals surface area contributed by atoms with Gasteiger partial charge in [-0.2, -0.15) is 0 Å². The Hall–Kier alpha value is -4.76. The van der Waals surface area contributed by atoms with Crippen molar-refractivity contribution in [1.29, 1.82) is 0 Å². The molecule has 0 bridgehead atoms. The van der Waals surface area contributed by atoms with Gasteiger partial charge in [0.1, 0.15) is 5.75 Å². The number of hydrogen-bond acceptors (Lipinski definition) is 3. The molecule has 0 saturated heterocycles. The Morgan fingerprint density at radius 2 is 1.39 bits per heavy atom. The summed E-state index contributed by atoms with van der Waals surface area (Å²) in [6.07, 6.45) is 13.4. The fourth-order valence-corrected chi connectivity index (χ4v) is 5.17. The predicted octanol–water partition coefficient (Wildman–Crippen LogP) is 8.22. The lowest BCUT2D eigenvalue weighted by atomic mass is 9.94. The van der Waals surface area contributed by atoms with Gasteiger partial charge in [0, 0.05) is 30.5 Å². The number of fused-ring (bicyclic) bond motifs is 3. The number of allylic oxidation sites excluding steroid dienone is 2. The van der Waals surface area contributed by atoms with Gasteiger partial charge in [-0.15, -0.1) is 0 Å². The largest absolute Gasteiger partial charge is 0.497 e. The summed E-state index contributed by atoms with van der Waals surface area (Å²) in [5.41, 5.74) is 8.58. The fourth-order valence-electron chi connectivity index (χ4n) is 5.17. The predicted molar refractivity (Wildman–Crippen MR) is 157 cm³/mol. The number of ether oxygens (including phenoxy) is 1. The molecule has 0 aromatic heterocycles. The lowest BCUT2D eigenvalue weighted by Gasteiger charge is -2.32. The summed E-state index contributed by atoms with van der Waals surface area (Å²) < 4.78 is 5.35. The van der Waals surface area contributed by atoms with Gasteiger partial charge in [-0.25, -0.2) is 0 Å². The average Bonchev–Trinajstić information content (AvgIpc) is 3.30. The highest BCUT2D eigenvalue weighted by molar-refractivity contribution is 5.75. The second-order valence-corrected chi connectivity index (χ2v) is 9.46. The van der Waals surface area contributed by atoms with E-state index in [-0.39, 0.29) is 5.92 Å². The molecule has 0 fully saturated rings. The van der Waals surface area contributed by atoms with Crippen LogP contribution in [0.4, 0.5) is 5.69 Å². The van der Waals surface area contributed by atoms with Gasteiger partial charge >= 0.3 is 0 Å². The normalized spacial score (nSPS) is 16.4. The van der Waals surface area contributed by atoms with E-state index in [9.17, 15) is 0 Å². The molecule has 3 heteroatoms. The van der Waals surface area contributed by atoms with E-state index in [1.807, 2.05) is 12.1 Å². The van der Waals surface area contributed by atoms with E-state index in [1.165, 1.54) is 33.8 Å². The highest BCUT2D eigenvalue weighted by atomic mass is 16.5. The van der Waals surface area contributed by atoms with Crippen LogP contribution in [0.1, 0.15) is 28.2 Å². The topological polar surface area (TPSA) is 15.7 Å². The highest BCUT2D eigenvalue weighted by Crippen LogP contribution is 2.48. The fraction of sp³-hybridized carbons (Fsp3) is 0.0857. The Bertz CT molecular complexity index is 1520. The van der Waals surface area contributed by atoms with Gasteiger partial charge in [0.05, 0.1) is 18.5 Å². The molecule has 0 aliphatic carbocycles. The standard InChI is InChI=1S/C35H30N2O/c1-38-30-19-16-28(17-20-30)18-21-34-35-32(23-24-36(34)26-29-12-6-3-7-13-29)31-14-8-9-15-33(31)37(35)25-22-27-10-4-2-5-11-27/h2-25,32H,26H2,1H3/b21-18+,25-22+. The second kappa shape index (κ2) is 10.7. The maximum absolute atomic E-state index is 5.35. The Morgan fingerprint density at radius 1 is 0.711 bits per heavy atom. The van der Waals surface area contributed by atoms with E-state index in [0.717, 1.165) is 17.9 Å². The van der Waals surface area contributed by atoms with Gasteiger partial charge in [0.2, 0.25) is 0 Å². The van der Waals surface area contributed by atoms with Crippen LogP contribution in [0.3, 0.4) is 0 Å². The van der Waals surface area contributed by atoms with E-state index in [0.29, 0.717) is 0 Å². The quantitative estimate of drug-likeness (QED) is 0.257. The molecule has 0 amide bonds. The molecule has 6 rings (SSSR count). The van der Waals surface area contributed by atoms with Gasteiger partial charge in [-0.1, -0.05) is 103 Å². The zero-order valence-electron chi connectivity index (χ0n) is 21.4. The number of methoxy groups -OCH3 is 1. The molecule has 186 valence electrons. The van der Waals surface area contributed by atoms with E-state index in [2.05, 4.69) is 144 Å². The second-order valence-electron chi connectivity index (χ2n) is 9.46. The molecule has 2 heterocycles. The molecule has 4 aromatic rings. The summed E-state index contributed by atoms with van der Waals surface area (Å²) in [6, 6.07) is 38.0. The Labute approximate surface area is 224 Å². The third kappa shape index (κ3) is 4.79. The van der Waals surface area contributed by atoms with Crippen LogP contribution in [0, 0.1) is 0 Å². The van der Waals surface area contributed by atoms with Crippen molar-refractivity contribution in [3.63, 3.8) is 0 Å². The number of para-hydroxylation sites is 1. The molecule has 1 unspecified atom stereocenters. The summed E-state index contributed by atoms with van der Waals surface area (Å²) in [5.74, 6) is 1.05. The van der Waals surface area contributed by atoms with Crippen molar-refractivity contribution in [2.24, 2.45) is 0 Å². The van der Waals surface area contributed by atoms with Crippen LogP contribution < -0.4 is 9.64 Å².